The number of benzene rings is 1. The van der Waals surface area contributed by atoms with Gasteiger partial charge in [0, 0.05) is 17.6 Å². The lowest BCUT2D eigenvalue weighted by Crippen LogP contribution is -2.48. The minimum absolute atomic E-state index is 0.213. The number of rotatable bonds is 1. The van der Waals surface area contributed by atoms with Crippen molar-refractivity contribution in [2.24, 2.45) is 0 Å². The van der Waals surface area contributed by atoms with Crippen molar-refractivity contribution < 1.29 is 14.3 Å². The number of halogens is 1. The molecule has 0 bridgehead atoms. The van der Waals surface area contributed by atoms with Crippen LogP contribution >= 0.6 is 15.9 Å². The van der Waals surface area contributed by atoms with Gasteiger partial charge >= 0.3 is 0 Å². The van der Waals surface area contributed by atoms with Gasteiger partial charge in [0.2, 0.25) is 0 Å². The van der Waals surface area contributed by atoms with E-state index in [0.29, 0.717) is 17.9 Å². The second-order valence-electron chi connectivity index (χ2n) is 5.66. The van der Waals surface area contributed by atoms with Crippen molar-refractivity contribution in [3.8, 4) is 0 Å². The molecule has 0 unspecified atom stereocenters. The number of anilines is 2. The van der Waals surface area contributed by atoms with Crippen molar-refractivity contribution in [3.63, 3.8) is 0 Å². The first-order valence-electron chi connectivity index (χ1n) is 6.45. The van der Waals surface area contributed by atoms with E-state index < -0.39 is 11.7 Å². The Labute approximate surface area is 125 Å². The average molecular weight is 339 g/mol. The quantitative estimate of drug-likeness (QED) is 0.797. The molecule has 1 saturated heterocycles. The molecule has 0 atom stereocenters. The van der Waals surface area contributed by atoms with Crippen molar-refractivity contribution in [3.05, 3.63) is 22.2 Å². The lowest BCUT2D eigenvalue weighted by Gasteiger charge is -2.40. The maximum Gasteiger partial charge on any atom is 0.296 e. The first-order chi connectivity index (χ1) is 9.37. The molecule has 0 aliphatic carbocycles. The molecule has 1 aromatic carbocycles. The fraction of sp³-hybridized carbons (Fsp3) is 0.429. The fourth-order valence-corrected chi connectivity index (χ4v) is 3.21. The number of hydrogen-bond donors (Lipinski definition) is 1. The summed E-state index contributed by atoms with van der Waals surface area (Å²) in [5.74, 6) is -1.04. The van der Waals surface area contributed by atoms with E-state index in [1.54, 1.807) is 6.07 Å². The maximum absolute atomic E-state index is 11.7. The van der Waals surface area contributed by atoms with E-state index >= 15 is 0 Å². The molecule has 2 aliphatic rings. The smallest absolute Gasteiger partial charge is 0.296 e. The number of carbonyl (C=O) groups is 2. The summed E-state index contributed by atoms with van der Waals surface area (Å²) in [6.45, 7) is 6.29. The monoisotopic (exact) mass is 338 g/mol. The fourth-order valence-electron chi connectivity index (χ4n) is 2.62. The molecular weight excluding hydrogens is 324 g/mol. The average Bonchev–Trinajstić information content (AvgIpc) is 2.63. The van der Waals surface area contributed by atoms with E-state index in [-0.39, 0.29) is 5.60 Å². The van der Waals surface area contributed by atoms with Crippen LogP contribution in [0.5, 0.6) is 0 Å². The maximum atomic E-state index is 11.7. The summed E-state index contributed by atoms with van der Waals surface area (Å²) in [5, 5.41) is 2.61. The van der Waals surface area contributed by atoms with Gasteiger partial charge < -0.3 is 15.0 Å². The van der Waals surface area contributed by atoms with E-state index in [2.05, 4.69) is 26.1 Å². The third-order valence-electron chi connectivity index (χ3n) is 3.55. The highest BCUT2D eigenvalue weighted by Crippen LogP contribution is 2.36. The number of Topliss-reactive ketones (excluding diaryl/α,β-unsaturated/α-hetero) is 1. The van der Waals surface area contributed by atoms with Crippen LogP contribution in [-0.2, 0) is 9.53 Å². The number of carbonyl (C=O) groups excluding carboxylic acids is 2. The minimum atomic E-state index is -0.564. The Morgan fingerprint density at radius 1 is 1.35 bits per heavy atom. The Kier molecular flexibility index (Phi) is 3.10. The zero-order chi connectivity index (χ0) is 14.5. The van der Waals surface area contributed by atoms with Gasteiger partial charge in [-0.15, -0.1) is 0 Å². The van der Waals surface area contributed by atoms with Crippen LogP contribution < -0.4 is 10.2 Å². The standard InChI is InChI=1S/C14H15BrN2O3/c1-14(2)7-17(3-4-20-14)11-6-10-8(5-9(11)15)12(18)13(19)16-10/h5-6H,3-4,7H2,1-2H3,(H,16,18,19). The highest BCUT2D eigenvalue weighted by atomic mass is 79.9. The van der Waals surface area contributed by atoms with Gasteiger partial charge in [0.05, 0.1) is 29.1 Å². The third-order valence-corrected chi connectivity index (χ3v) is 4.19. The van der Waals surface area contributed by atoms with Crippen molar-refractivity contribution >= 4 is 39.0 Å². The van der Waals surface area contributed by atoms with Crippen LogP contribution in [0.2, 0.25) is 0 Å². The van der Waals surface area contributed by atoms with Crippen LogP contribution in [0.15, 0.2) is 16.6 Å². The van der Waals surface area contributed by atoms with E-state index in [1.807, 2.05) is 19.9 Å². The van der Waals surface area contributed by atoms with Gasteiger partial charge in [-0.05, 0) is 41.9 Å². The highest BCUT2D eigenvalue weighted by molar-refractivity contribution is 9.10. The molecule has 106 valence electrons. The molecule has 0 radical (unpaired) electrons. The summed E-state index contributed by atoms with van der Waals surface area (Å²) in [5.41, 5.74) is 1.77. The molecule has 2 heterocycles. The molecular formula is C14H15BrN2O3. The zero-order valence-electron chi connectivity index (χ0n) is 11.3. The van der Waals surface area contributed by atoms with Gasteiger partial charge in [-0.2, -0.15) is 0 Å². The summed E-state index contributed by atoms with van der Waals surface area (Å²) in [4.78, 5) is 25.3. The molecule has 6 heteroatoms. The first-order valence-corrected chi connectivity index (χ1v) is 7.25. The van der Waals surface area contributed by atoms with Crippen LogP contribution in [0, 0.1) is 0 Å². The zero-order valence-corrected chi connectivity index (χ0v) is 12.9. The number of nitrogens with one attached hydrogen (secondary N) is 1. The molecule has 1 N–H and O–H groups in total. The predicted octanol–water partition coefficient (Wildman–Crippen LogP) is 2.20. The SMILES string of the molecule is CC1(C)CN(c2cc3c(cc2Br)C(=O)C(=O)N3)CCO1. The molecule has 5 nitrogen and oxygen atoms in total. The second kappa shape index (κ2) is 4.56. The number of amides is 1. The van der Waals surface area contributed by atoms with Gasteiger partial charge in [0.25, 0.3) is 11.7 Å². The number of hydrogen-bond acceptors (Lipinski definition) is 4. The van der Waals surface area contributed by atoms with Crippen LogP contribution in [0.3, 0.4) is 0 Å². The van der Waals surface area contributed by atoms with Crippen LogP contribution in [0.1, 0.15) is 24.2 Å². The Bertz CT molecular complexity index is 613. The van der Waals surface area contributed by atoms with Crippen molar-refractivity contribution in [2.45, 2.75) is 19.4 Å². The van der Waals surface area contributed by atoms with Gasteiger partial charge in [-0.3, -0.25) is 9.59 Å². The molecule has 1 aromatic rings. The molecule has 0 saturated carbocycles. The summed E-state index contributed by atoms with van der Waals surface area (Å²) in [7, 11) is 0. The van der Waals surface area contributed by atoms with E-state index in [0.717, 1.165) is 23.2 Å². The van der Waals surface area contributed by atoms with Crippen LogP contribution in [0.25, 0.3) is 0 Å². The molecule has 0 aromatic heterocycles. The summed E-state index contributed by atoms with van der Waals surface area (Å²) in [6, 6.07) is 3.57. The summed E-state index contributed by atoms with van der Waals surface area (Å²) in [6.07, 6.45) is 0. The van der Waals surface area contributed by atoms with Crippen molar-refractivity contribution in [1.82, 2.24) is 0 Å². The van der Waals surface area contributed by atoms with Gasteiger partial charge in [-0.1, -0.05) is 0 Å². The minimum Gasteiger partial charge on any atom is -0.372 e. The van der Waals surface area contributed by atoms with Crippen LogP contribution in [0.4, 0.5) is 11.4 Å². The molecule has 2 aliphatic heterocycles. The summed E-state index contributed by atoms with van der Waals surface area (Å²) >= 11 is 3.50. The number of morpholine rings is 1. The topological polar surface area (TPSA) is 58.6 Å². The van der Waals surface area contributed by atoms with Gasteiger partial charge in [0.1, 0.15) is 0 Å². The Balaban J connectivity index is 1.98. The van der Waals surface area contributed by atoms with E-state index in [9.17, 15) is 9.59 Å². The molecule has 3 rings (SSSR count). The lowest BCUT2D eigenvalue weighted by molar-refractivity contribution is -0.112. The molecule has 1 fully saturated rings. The number of fused-ring (bicyclic) bond motifs is 1. The largest absolute Gasteiger partial charge is 0.372 e. The predicted molar refractivity (Wildman–Crippen MR) is 79.3 cm³/mol. The lowest BCUT2D eigenvalue weighted by atomic mass is 10.1. The summed E-state index contributed by atoms with van der Waals surface area (Å²) < 4.78 is 6.52. The van der Waals surface area contributed by atoms with Gasteiger partial charge in [0.15, 0.2) is 0 Å². The molecule has 20 heavy (non-hydrogen) atoms. The number of ether oxygens (including phenoxy) is 1. The van der Waals surface area contributed by atoms with E-state index in [4.69, 9.17) is 4.74 Å². The number of nitrogens with zero attached hydrogens (tertiary/aromatic N) is 1. The third kappa shape index (κ3) is 2.23. The molecule has 0 spiro atoms. The molecule has 1 amide bonds. The normalized spacial score (nSPS) is 20.9. The van der Waals surface area contributed by atoms with E-state index in [1.165, 1.54) is 0 Å². The first kappa shape index (κ1) is 13.6. The van der Waals surface area contributed by atoms with Crippen molar-refractivity contribution in [1.29, 1.82) is 0 Å². The highest BCUT2D eigenvalue weighted by Gasteiger charge is 2.32. The Morgan fingerprint density at radius 3 is 2.80 bits per heavy atom. The van der Waals surface area contributed by atoms with Crippen LogP contribution in [-0.4, -0.2) is 37.0 Å². The van der Waals surface area contributed by atoms with Crippen molar-refractivity contribution in [2.75, 3.05) is 29.9 Å². The second-order valence-corrected chi connectivity index (χ2v) is 6.52. The Hall–Kier alpha value is -1.40. The number of ketones is 1. The van der Waals surface area contributed by atoms with Gasteiger partial charge in [-0.25, -0.2) is 0 Å². The Morgan fingerprint density at radius 2 is 2.10 bits per heavy atom.